The van der Waals surface area contributed by atoms with Gasteiger partial charge >= 0.3 is 5.97 Å². The largest absolute Gasteiger partial charge is 0.486 e. The van der Waals surface area contributed by atoms with Gasteiger partial charge < -0.3 is 10.0 Å². The molecule has 0 amide bonds. The Balaban J connectivity index is 4.39. The lowest BCUT2D eigenvalue weighted by molar-refractivity contribution is -0.132. The molecule has 0 heterocycles. The first-order chi connectivity index (χ1) is 6.65. The van der Waals surface area contributed by atoms with Gasteiger partial charge in [-0.25, -0.2) is 4.85 Å². The van der Waals surface area contributed by atoms with Gasteiger partial charge in [-0.05, 0) is 26.1 Å². The molecule has 0 aliphatic carbocycles. The highest BCUT2D eigenvalue weighted by molar-refractivity contribution is 5.88. The smallest absolute Gasteiger partial charge is 0.333 e. The van der Waals surface area contributed by atoms with E-state index in [0.717, 1.165) is 13.1 Å². The van der Waals surface area contributed by atoms with Crippen LogP contribution < -0.4 is 0 Å². The minimum atomic E-state index is -1.19. The van der Waals surface area contributed by atoms with Crippen LogP contribution in [-0.4, -0.2) is 29.1 Å². The second-order valence-electron chi connectivity index (χ2n) is 2.53. The lowest BCUT2D eigenvalue weighted by atomic mass is 10.4. The van der Waals surface area contributed by atoms with Crippen molar-refractivity contribution in [2.75, 3.05) is 13.1 Å². The van der Waals surface area contributed by atoms with Gasteiger partial charge in [-0.2, -0.15) is 0 Å². The van der Waals surface area contributed by atoms with Crippen molar-refractivity contribution in [3.05, 3.63) is 35.5 Å². The zero-order chi connectivity index (χ0) is 11.0. The number of rotatable bonds is 5. The molecule has 14 heavy (non-hydrogen) atoms. The van der Waals surface area contributed by atoms with E-state index in [1.54, 1.807) is 12.3 Å². The number of hydrogen-bond acceptors (Lipinski definition) is 2. The standard InChI is InChI=1S/C10H14N2O2/c1-4-12(5-2)8-6-7-9(11-3)10(13)14/h6-8H,4-5H2,1-2H3,(H,13,14)/b8-6+,9-7+. The van der Waals surface area contributed by atoms with Gasteiger partial charge in [-0.1, -0.05) is 6.08 Å². The highest BCUT2D eigenvalue weighted by Gasteiger charge is 2.03. The number of carboxylic acids is 1. The summed E-state index contributed by atoms with van der Waals surface area (Å²) in [6.45, 7) is 12.3. The fraction of sp³-hybridized carbons (Fsp3) is 0.400. The van der Waals surface area contributed by atoms with Crippen LogP contribution in [0.2, 0.25) is 0 Å². The number of allylic oxidation sites excluding steroid dienone is 2. The van der Waals surface area contributed by atoms with Crippen molar-refractivity contribution in [3.63, 3.8) is 0 Å². The Hall–Kier alpha value is -1.76. The average Bonchev–Trinajstić information content (AvgIpc) is 2.18. The Morgan fingerprint density at radius 1 is 1.50 bits per heavy atom. The lowest BCUT2D eigenvalue weighted by Crippen LogP contribution is -2.14. The predicted molar refractivity (Wildman–Crippen MR) is 54.4 cm³/mol. The molecule has 4 nitrogen and oxygen atoms in total. The number of carboxylic acid groups (broad SMARTS) is 1. The average molecular weight is 194 g/mol. The van der Waals surface area contributed by atoms with Crippen molar-refractivity contribution >= 4 is 5.97 Å². The summed E-state index contributed by atoms with van der Waals surface area (Å²) >= 11 is 0. The monoisotopic (exact) mass is 194 g/mol. The number of hydrogen-bond donors (Lipinski definition) is 1. The van der Waals surface area contributed by atoms with Crippen LogP contribution in [0.3, 0.4) is 0 Å². The molecule has 0 saturated carbocycles. The molecular formula is C10H14N2O2. The van der Waals surface area contributed by atoms with Gasteiger partial charge in [0.25, 0.3) is 5.70 Å². The first-order valence-corrected chi connectivity index (χ1v) is 4.39. The Bertz CT molecular complexity index is 283. The van der Waals surface area contributed by atoms with Gasteiger partial charge in [0.15, 0.2) is 0 Å². The Kier molecular flexibility index (Phi) is 5.88. The fourth-order valence-electron chi connectivity index (χ4n) is 0.847. The molecule has 0 aromatic heterocycles. The van der Waals surface area contributed by atoms with Gasteiger partial charge in [0, 0.05) is 13.1 Å². The van der Waals surface area contributed by atoms with Gasteiger partial charge in [-0.15, -0.1) is 0 Å². The third-order valence-corrected chi connectivity index (χ3v) is 1.70. The summed E-state index contributed by atoms with van der Waals surface area (Å²) in [5.41, 5.74) is -0.270. The second-order valence-corrected chi connectivity index (χ2v) is 2.53. The van der Waals surface area contributed by atoms with Gasteiger partial charge in [0.1, 0.15) is 0 Å². The third-order valence-electron chi connectivity index (χ3n) is 1.70. The molecule has 0 fully saturated rings. The molecule has 0 aliphatic heterocycles. The molecule has 4 heteroatoms. The Morgan fingerprint density at radius 2 is 2.07 bits per heavy atom. The summed E-state index contributed by atoms with van der Waals surface area (Å²) in [6, 6.07) is 0. The van der Waals surface area contributed by atoms with E-state index >= 15 is 0 Å². The topological polar surface area (TPSA) is 44.9 Å². The molecule has 0 aliphatic rings. The van der Waals surface area contributed by atoms with E-state index in [1.165, 1.54) is 6.08 Å². The van der Waals surface area contributed by atoms with E-state index in [0.29, 0.717) is 0 Å². The summed E-state index contributed by atoms with van der Waals surface area (Å²) in [4.78, 5) is 15.3. The van der Waals surface area contributed by atoms with Gasteiger partial charge in [-0.3, -0.25) is 4.79 Å². The number of aliphatic carboxylic acids is 1. The minimum Gasteiger partial charge on any atom is -0.486 e. The van der Waals surface area contributed by atoms with Crippen molar-refractivity contribution in [1.82, 2.24) is 4.90 Å². The highest BCUT2D eigenvalue weighted by atomic mass is 16.4. The van der Waals surface area contributed by atoms with Crippen LogP contribution in [0, 0.1) is 6.57 Å². The quantitative estimate of drug-likeness (QED) is 0.412. The van der Waals surface area contributed by atoms with Crippen LogP contribution in [0.1, 0.15) is 13.8 Å². The molecule has 0 bridgehead atoms. The molecule has 0 radical (unpaired) electrons. The molecule has 1 N–H and O–H groups in total. The fourth-order valence-corrected chi connectivity index (χ4v) is 0.847. The van der Waals surface area contributed by atoms with Crippen LogP contribution in [0.4, 0.5) is 0 Å². The molecule has 0 aromatic carbocycles. The zero-order valence-corrected chi connectivity index (χ0v) is 8.40. The van der Waals surface area contributed by atoms with Crippen LogP contribution in [-0.2, 0) is 4.79 Å². The number of nitrogens with zero attached hydrogens (tertiary/aromatic N) is 2. The summed E-state index contributed by atoms with van der Waals surface area (Å²) in [6.07, 6.45) is 4.65. The molecule has 76 valence electrons. The summed E-state index contributed by atoms with van der Waals surface area (Å²) in [5, 5.41) is 8.52. The molecule has 0 atom stereocenters. The Labute approximate surface area is 84.0 Å². The van der Waals surface area contributed by atoms with E-state index in [4.69, 9.17) is 11.7 Å². The molecule has 0 rings (SSSR count). The van der Waals surface area contributed by atoms with Crippen LogP contribution in [0.5, 0.6) is 0 Å². The molecule has 0 aromatic rings. The van der Waals surface area contributed by atoms with Crippen molar-refractivity contribution in [2.24, 2.45) is 0 Å². The molecular weight excluding hydrogens is 180 g/mol. The predicted octanol–water partition coefficient (Wildman–Crippen LogP) is 1.73. The lowest BCUT2D eigenvalue weighted by Gasteiger charge is -2.13. The van der Waals surface area contributed by atoms with E-state index in [-0.39, 0.29) is 5.70 Å². The number of carbonyl (C=O) groups is 1. The molecule has 0 spiro atoms. The SMILES string of the molecule is [C-]#[N+]/C(=C/C=C/N(CC)CC)C(=O)O. The van der Waals surface area contributed by atoms with E-state index in [2.05, 4.69) is 4.85 Å². The van der Waals surface area contributed by atoms with Crippen molar-refractivity contribution in [2.45, 2.75) is 13.8 Å². The highest BCUT2D eigenvalue weighted by Crippen LogP contribution is 1.97. The van der Waals surface area contributed by atoms with E-state index in [1.807, 2.05) is 18.7 Å². The minimum absolute atomic E-state index is 0.270. The first kappa shape index (κ1) is 12.2. The van der Waals surface area contributed by atoms with Crippen LogP contribution >= 0.6 is 0 Å². The van der Waals surface area contributed by atoms with Crippen LogP contribution in [0.25, 0.3) is 4.85 Å². The second kappa shape index (κ2) is 6.72. The first-order valence-electron chi connectivity index (χ1n) is 4.39. The van der Waals surface area contributed by atoms with Crippen molar-refractivity contribution in [1.29, 1.82) is 0 Å². The van der Waals surface area contributed by atoms with E-state index < -0.39 is 5.97 Å². The zero-order valence-electron chi connectivity index (χ0n) is 8.40. The Morgan fingerprint density at radius 3 is 2.43 bits per heavy atom. The van der Waals surface area contributed by atoms with Gasteiger partial charge in [0.2, 0.25) is 0 Å². The van der Waals surface area contributed by atoms with Gasteiger partial charge in [0.05, 0.1) is 6.57 Å². The van der Waals surface area contributed by atoms with E-state index in [9.17, 15) is 4.79 Å². The summed E-state index contributed by atoms with van der Waals surface area (Å²) < 4.78 is 0. The normalized spacial score (nSPS) is 11.4. The maximum Gasteiger partial charge on any atom is 0.333 e. The van der Waals surface area contributed by atoms with Crippen molar-refractivity contribution in [3.8, 4) is 0 Å². The third kappa shape index (κ3) is 4.31. The maximum atomic E-state index is 10.4. The molecule has 0 unspecified atom stereocenters. The van der Waals surface area contributed by atoms with Crippen molar-refractivity contribution < 1.29 is 9.90 Å². The summed E-state index contributed by atoms with van der Waals surface area (Å²) in [5.74, 6) is -1.19. The van der Waals surface area contributed by atoms with Crippen LogP contribution in [0.15, 0.2) is 24.0 Å². The maximum absolute atomic E-state index is 10.4. The molecule has 0 saturated heterocycles. The summed E-state index contributed by atoms with van der Waals surface area (Å²) in [7, 11) is 0.